The van der Waals surface area contributed by atoms with Gasteiger partial charge in [-0.05, 0) is 12.8 Å². The molecule has 1 fully saturated rings. The number of hydrogen-bond acceptors (Lipinski definition) is 2. The van der Waals surface area contributed by atoms with Crippen molar-refractivity contribution in [1.82, 2.24) is 9.80 Å². The zero-order chi connectivity index (χ0) is 9.84. The van der Waals surface area contributed by atoms with E-state index in [1.807, 2.05) is 0 Å². The van der Waals surface area contributed by atoms with Gasteiger partial charge in [0.1, 0.15) is 0 Å². The van der Waals surface area contributed by atoms with E-state index in [9.17, 15) is 4.79 Å². The van der Waals surface area contributed by atoms with Gasteiger partial charge in [0.15, 0.2) is 0 Å². The van der Waals surface area contributed by atoms with Crippen molar-refractivity contribution in [2.45, 2.75) is 12.8 Å². The first-order valence-electron chi connectivity index (χ1n) is 4.51. The van der Waals surface area contributed by atoms with Gasteiger partial charge in [-0.15, -0.1) is 0 Å². The van der Waals surface area contributed by atoms with Crippen LogP contribution in [0.2, 0.25) is 0 Å². The molecular weight excluding hydrogens is 166 g/mol. The summed E-state index contributed by atoms with van der Waals surface area (Å²) in [5.41, 5.74) is 0. The molecule has 1 unspecified atom stereocenters. The van der Waals surface area contributed by atoms with Crippen LogP contribution in [-0.4, -0.2) is 43.0 Å². The van der Waals surface area contributed by atoms with E-state index in [4.69, 9.17) is 5.26 Å². The molecule has 1 atom stereocenters. The van der Waals surface area contributed by atoms with Gasteiger partial charge < -0.3 is 9.80 Å². The van der Waals surface area contributed by atoms with Crippen LogP contribution in [0.1, 0.15) is 12.8 Å². The SMILES string of the molecule is CN(C)C(=O)N1CCCC(C#N)C1. The van der Waals surface area contributed by atoms with Crippen LogP contribution >= 0.6 is 0 Å². The molecular formula is C9H15N3O. The Kier molecular flexibility index (Phi) is 3.13. The topological polar surface area (TPSA) is 47.3 Å². The van der Waals surface area contributed by atoms with Crippen molar-refractivity contribution in [2.75, 3.05) is 27.2 Å². The molecule has 1 rings (SSSR count). The van der Waals surface area contributed by atoms with Crippen molar-refractivity contribution in [3.05, 3.63) is 0 Å². The molecule has 4 nitrogen and oxygen atoms in total. The number of likely N-dealkylation sites (tertiary alicyclic amines) is 1. The van der Waals surface area contributed by atoms with E-state index < -0.39 is 0 Å². The van der Waals surface area contributed by atoms with Crippen molar-refractivity contribution in [3.63, 3.8) is 0 Å². The van der Waals surface area contributed by atoms with Crippen molar-refractivity contribution >= 4 is 6.03 Å². The maximum atomic E-state index is 11.5. The minimum atomic E-state index is 0.0138. The van der Waals surface area contributed by atoms with Gasteiger partial charge in [0.05, 0.1) is 12.0 Å². The van der Waals surface area contributed by atoms with E-state index in [2.05, 4.69) is 6.07 Å². The molecule has 0 bridgehead atoms. The third-order valence-corrected chi connectivity index (χ3v) is 2.26. The molecule has 1 heterocycles. The van der Waals surface area contributed by atoms with Crippen molar-refractivity contribution in [2.24, 2.45) is 5.92 Å². The number of urea groups is 1. The Morgan fingerprint density at radius 1 is 1.62 bits per heavy atom. The molecule has 13 heavy (non-hydrogen) atoms. The molecule has 1 aliphatic heterocycles. The molecule has 0 radical (unpaired) electrons. The fraction of sp³-hybridized carbons (Fsp3) is 0.778. The fourth-order valence-corrected chi connectivity index (χ4v) is 1.54. The molecule has 0 aromatic heterocycles. The number of piperidine rings is 1. The smallest absolute Gasteiger partial charge is 0.319 e. The van der Waals surface area contributed by atoms with E-state index in [-0.39, 0.29) is 11.9 Å². The largest absolute Gasteiger partial charge is 0.331 e. The van der Waals surface area contributed by atoms with Crippen LogP contribution in [0.3, 0.4) is 0 Å². The first-order chi connectivity index (χ1) is 6.15. The summed E-state index contributed by atoms with van der Waals surface area (Å²) in [6.45, 7) is 1.38. The van der Waals surface area contributed by atoms with E-state index in [1.54, 1.807) is 23.9 Å². The van der Waals surface area contributed by atoms with Crippen LogP contribution in [0, 0.1) is 17.2 Å². The number of carbonyl (C=O) groups excluding carboxylic acids is 1. The highest BCUT2D eigenvalue weighted by Gasteiger charge is 2.23. The molecule has 0 saturated carbocycles. The molecule has 4 heteroatoms. The Bertz CT molecular complexity index is 232. The van der Waals surface area contributed by atoms with Gasteiger partial charge in [0, 0.05) is 27.2 Å². The van der Waals surface area contributed by atoms with Crippen LogP contribution in [0.4, 0.5) is 4.79 Å². The average molecular weight is 181 g/mol. The van der Waals surface area contributed by atoms with Gasteiger partial charge in [0.2, 0.25) is 0 Å². The van der Waals surface area contributed by atoms with E-state index in [0.29, 0.717) is 6.54 Å². The molecule has 72 valence electrons. The Labute approximate surface area is 78.7 Å². The second-order valence-electron chi connectivity index (χ2n) is 3.59. The lowest BCUT2D eigenvalue weighted by Gasteiger charge is -2.31. The number of nitriles is 1. The van der Waals surface area contributed by atoms with Crippen LogP contribution in [-0.2, 0) is 0 Å². The Balaban J connectivity index is 2.52. The van der Waals surface area contributed by atoms with Crippen molar-refractivity contribution < 1.29 is 4.79 Å². The summed E-state index contributed by atoms with van der Waals surface area (Å²) in [6, 6.07) is 2.23. The van der Waals surface area contributed by atoms with Crippen LogP contribution < -0.4 is 0 Å². The van der Waals surface area contributed by atoms with Gasteiger partial charge in [-0.1, -0.05) is 0 Å². The predicted molar refractivity (Wildman–Crippen MR) is 49.0 cm³/mol. The zero-order valence-corrected chi connectivity index (χ0v) is 8.16. The molecule has 2 amide bonds. The lowest BCUT2D eigenvalue weighted by molar-refractivity contribution is 0.152. The summed E-state index contributed by atoms with van der Waals surface area (Å²) in [6.07, 6.45) is 1.87. The van der Waals surface area contributed by atoms with Crippen LogP contribution in [0.25, 0.3) is 0 Å². The Morgan fingerprint density at radius 3 is 2.85 bits per heavy atom. The molecule has 1 saturated heterocycles. The number of carbonyl (C=O) groups is 1. The van der Waals surface area contributed by atoms with Crippen LogP contribution in [0.15, 0.2) is 0 Å². The number of rotatable bonds is 0. The summed E-state index contributed by atoms with van der Waals surface area (Å²) >= 11 is 0. The van der Waals surface area contributed by atoms with E-state index in [0.717, 1.165) is 19.4 Å². The normalized spacial score (nSPS) is 22.2. The predicted octanol–water partition coefficient (Wildman–Crippen LogP) is 0.904. The van der Waals surface area contributed by atoms with Crippen molar-refractivity contribution in [3.8, 4) is 6.07 Å². The minimum Gasteiger partial charge on any atom is -0.331 e. The molecule has 0 N–H and O–H groups in total. The lowest BCUT2D eigenvalue weighted by Crippen LogP contribution is -2.44. The summed E-state index contributed by atoms with van der Waals surface area (Å²) in [5, 5.41) is 8.73. The summed E-state index contributed by atoms with van der Waals surface area (Å²) in [7, 11) is 3.47. The summed E-state index contributed by atoms with van der Waals surface area (Å²) in [5.74, 6) is 0.0256. The van der Waals surface area contributed by atoms with Gasteiger partial charge in [-0.25, -0.2) is 4.79 Å². The first kappa shape index (κ1) is 9.85. The number of amides is 2. The minimum absolute atomic E-state index is 0.0138. The average Bonchev–Trinajstić information content (AvgIpc) is 2.16. The highest BCUT2D eigenvalue weighted by Crippen LogP contribution is 2.16. The quantitative estimate of drug-likeness (QED) is 0.557. The van der Waals surface area contributed by atoms with Crippen molar-refractivity contribution in [1.29, 1.82) is 5.26 Å². The molecule has 1 aliphatic rings. The fourth-order valence-electron chi connectivity index (χ4n) is 1.54. The molecule has 0 aromatic rings. The summed E-state index contributed by atoms with van der Waals surface area (Å²) in [4.78, 5) is 14.8. The lowest BCUT2D eigenvalue weighted by atomic mass is 10.0. The Hall–Kier alpha value is -1.24. The molecule has 0 aliphatic carbocycles. The maximum Gasteiger partial charge on any atom is 0.319 e. The highest BCUT2D eigenvalue weighted by atomic mass is 16.2. The number of nitrogens with zero attached hydrogens (tertiary/aromatic N) is 3. The zero-order valence-electron chi connectivity index (χ0n) is 8.16. The standard InChI is InChI=1S/C9H15N3O/c1-11(2)9(13)12-5-3-4-8(6-10)7-12/h8H,3-5,7H2,1-2H3. The van der Waals surface area contributed by atoms with E-state index >= 15 is 0 Å². The first-order valence-corrected chi connectivity index (χ1v) is 4.51. The second-order valence-corrected chi connectivity index (χ2v) is 3.59. The number of hydrogen-bond donors (Lipinski definition) is 0. The van der Waals surface area contributed by atoms with Gasteiger partial charge in [-0.3, -0.25) is 0 Å². The molecule has 0 spiro atoms. The Morgan fingerprint density at radius 2 is 2.31 bits per heavy atom. The maximum absolute atomic E-state index is 11.5. The van der Waals surface area contributed by atoms with E-state index in [1.165, 1.54) is 0 Å². The van der Waals surface area contributed by atoms with Gasteiger partial charge >= 0.3 is 6.03 Å². The van der Waals surface area contributed by atoms with Gasteiger partial charge in [0.25, 0.3) is 0 Å². The monoisotopic (exact) mass is 181 g/mol. The molecule has 0 aromatic carbocycles. The highest BCUT2D eigenvalue weighted by molar-refractivity contribution is 5.73. The third-order valence-electron chi connectivity index (χ3n) is 2.26. The van der Waals surface area contributed by atoms with Gasteiger partial charge in [-0.2, -0.15) is 5.26 Å². The van der Waals surface area contributed by atoms with Crippen LogP contribution in [0.5, 0.6) is 0 Å². The summed E-state index contributed by atoms with van der Waals surface area (Å²) < 4.78 is 0. The third kappa shape index (κ3) is 2.35. The second kappa shape index (κ2) is 4.13.